The Morgan fingerprint density at radius 1 is 0.800 bits per heavy atom. The van der Waals surface area contributed by atoms with E-state index >= 15 is 0 Å². The lowest BCUT2D eigenvalue weighted by Gasteiger charge is -2.43. The minimum absolute atomic E-state index is 0.350. The second-order valence-corrected chi connectivity index (χ2v) is 5.08. The Kier molecular flexibility index (Phi) is 6.75. The molecule has 1 rings (SSSR count). The van der Waals surface area contributed by atoms with Gasteiger partial charge >= 0.3 is 0 Å². The molecular formula is C19H26N+. The van der Waals surface area contributed by atoms with Crippen LogP contribution in [0.4, 0.5) is 0 Å². The highest BCUT2D eigenvalue weighted by Crippen LogP contribution is 2.32. The van der Waals surface area contributed by atoms with Crippen molar-refractivity contribution in [3.8, 4) is 0 Å². The molecule has 0 aliphatic carbocycles. The molecule has 0 saturated heterocycles. The van der Waals surface area contributed by atoms with Crippen LogP contribution in [0.5, 0.6) is 0 Å². The fraction of sp³-hybridized carbons (Fsp3) is 0.263. The van der Waals surface area contributed by atoms with E-state index in [2.05, 4.69) is 56.6 Å². The van der Waals surface area contributed by atoms with Crippen molar-refractivity contribution in [1.82, 2.24) is 0 Å². The van der Waals surface area contributed by atoms with Crippen molar-refractivity contribution in [1.29, 1.82) is 0 Å². The first-order chi connectivity index (χ1) is 9.74. The highest BCUT2D eigenvalue weighted by molar-refractivity contribution is 5.18. The summed E-state index contributed by atoms with van der Waals surface area (Å²) in [7, 11) is 0. The van der Waals surface area contributed by atoms with Crippen molar-refractivity contribution < 1.29 is 4.48 Å². The van der Waals surface area contributed by atoms with E-state index in [9.17, 15) is 0 Å². The van der Waals surface area contributed by atoms with E-state index < -0.39 is 0 Å². The second-order valence-electron chi connectivity index (χ2n) is 5.08. The minimum atomic E-state index is 0.350. The molecular weight excluding hydrogens is 242 g/mol. The molecule has 1 unspecified atom stereocenters. The molecule has 106 valence electrons. The van der Waals surface area contributed by atoms with Gasteiger partial charge in [-0.05, 0) is 18.2 Å². The van der Waals surface area contributed by atoms with Crippen molar-refractivity contribution in [3.63, 3.8) is 0 Å². The van der Waals surface area contributed by atoms with Crippen molar-refractivity contribution in [2.75, 3.05) is 19.6 Å². The van der Waals surface area contributed by atoms with Gasteiger partial charge in [0.1, 0.15) is 6.04 Å². The Bertz CT molecular complexity index is 418. The molecule has 0 aromatic heterocycles. The fourth-order valence-corrected chi connectivity index (χ4v) is 2.89. The Morgan fingerprint density at radius 3 is 1.70 bits per heavy atom. The summed E-state index contributed by atoms with van der Waals surface area (Å²) in [6.07, 6.45) is 8.91. The van der Waals surface area contributed by atoms with E-state index in [1.54, 1.807) is 0 Å². The van der Waals surface area contributed by atoms with Crippen LogP contribution in [0.3, 0.4) is 0 Å². The smallest absolute Gasteiger partial charge is 0.119 e. The van der Waals surface area contributed by atoms with Crippen LogP contribution in [-0.4, -0.2) is 24.1 Å². The molecule has 0 heterocycles. The zero-order valence-electron chi connectivity index (χ0n) is 12.4. The third-order valence-electron chi connectivity index (χ3n) is 3.71. The first kappa shape index (κ1) is 16.2. The van der Waals surface area contributed by atoms with E-state index in [4.69, 9.17) is 0 Å². The van der Waals surface area contributed by atoms with Gasteiger partial charge in [-0.2, -0.15) is 0 Å². The second kappa shape index (κ2) is 8.34. The standard InChI is InChI=1S/C19H26N/c1-5-12-19(18-13-10-9-11-14-18)20(15-6-2,16-7-3)17-8-4/h5-11,13-14,19H,1-4,12,15-17H2/q+1. The van der Waals surface area contributed by atoms with Crippen LogP contribution >= 0.6 is 0 Å². The number of quaternary nitrogens is 1. The average Bonchev–Trinajstić information content (AvgIpc) is 2.46. The first-order valence-electron chi connectivity index (χ1n) is 7.08. The zero-order chi connectivity index (χ0) is 14.8. The molecule has 1 atom stereocenters. The molecule has 0 bridgehead atoms. The molecule has 0 aliphatic heterocycles. The van der Waals surface area contributed by atoms with Crippen LogP contribution < -0.4 is 0 Å². The van der Waals surface area contributed by atoms with Gasteiger partial charge in [-0.1, -0.05) is 56.1 Å². The van der Waals surface area contributed by atoms with Crippen LogP contribution in [0.15, 0.2) is 81.0 Å². The van der Waals surface area contributed by atoms with Gasteiger partial charge in [-0.3, -0.25) is 0 Å². The maximum Gasteiger partial charge on any atom is 0.119 e. The SMILES string of the molecule is C=CCC(c1ccccc1)[N+](CC=C)(CC=C)CC=C. The molecule has 1 aromatic rings. The molecule has 0 spiro atoms. The summed E-state index contributed by atoms with van der Waals surface area (Å²) in [6.45, 7) is 18.4. The summed E-state index contributed by atoms with van der Waals surface area (Å²) in [4.78, 5) is 0. The monoisotopic (exact) mass is 268 g/mol. The first-order valence-corrected chi connectivity index (χ1v) is 7.08. The molecule has 0 aliphatic rings. The quantitative estimate of drug-likeness (QED) is 0.427. The van der Waals surface area contributed by atoms with Crippen LogP contribution in [0.2, 0.25) is 0 Å². The summed E-state index contributed by atoms with van der Waals surface area (Å²) in [5.74, 6) is 0. The predicted octanol–water partition coefficient (Wildman–Crippen LogP) is 4.68. The van der Waals surface area contributed by atoms with Crippen LogP contribution in [0.25, 0.3) is 0 Å². The maximum atomic E-state index is 3.94. The van der Waals surface area contributed by atoms with Crippen molar-refractivity contribution in [2.45, 2.75) is 12.5 Å². The molecule has 20 heavy (non-hydrogen) atoms. The van der Waals surface area contributed by atoms with E-state index in [0.717, 1.165) is 30.5 Å². The normalized spacial score (nSPS) is 12.4. The van der Waals surface area contributed by atoms with Crippen molar-refractivity contribution in [3.05, 3.63) is 86.5 Å². The van der Waals surface area contributed by atoms with Gasteiger partial charge in [-0.15, -0.1) is 6.58 Å². The molecule has 0 fully saturated rings. The van der Waals surface area contributed by atoms with E-state index in [1.165, 1.54) is 5.56 Å². The molecule has 1 heteroatoms. The number of nitrogens with zero attached hydrogens (tertiary/aromatic N) is 1. The molecule has 0 amide bonds. The number of rotatable bonds is 10. The highest BCUT2D eigenvalue weighted by atomic mass is 15.4. The number of benzene rings is 1. The van der Waals surface area contributed by atoms with Crippen molar-refractivity contribution in [2.24, 2.45) is 0 Å². The summed E-state index contributed by atoms with van der Waals surface area (Å²) in [5.41, 5.74) is 1.33. The summed E-state index contributed by atoms with van der Waals surface area (Å²) in [5, 5.41) is 0. The average molecular weight is 268 g/mol. The predicted molar refractivity (Wildman–Crippen MR) is 89.4 cm³/mol. The van der Waals surface area contributed by atoms with Gasteiger partial charge in [0.05, 0.1) is 19.6 Å². The van der Waals surface area contributed by atoms with E-state index in [-0.39, 0.29) is 0 Å². The van der Waals surface area contributed by atoms with E-state index in [0.29, 0.717) is 6.04 Å². The lowest BCUT2D eigenvalue weighted by molar-refractivity contribution is -0.941. The van der Waals surface area contributed by atoms with Gasteiger partial charge < -0.3 is 4.48 Å². The zero-order valence-corrected chi connectivity index (χ0v) is 12.4. The summed E-state index contributed by atoms with van der Waals surface area (Å²) >= 11 is 0. The third kappa shape index (κ3) is 3.82. The summed E-state index contributed by atoms with van der Waals surface area (Å²) < 4.78 is 0.868. The fourth-order valence-electron chi connectivity index (χ4n) is 2.89. The lowest BCUT2D eigenvalue weighted by atomic mass is 9.98. The topological polar surface area (TPSA) is 0 Å². The molecule has 0 N–H and O–H groups in total. The van der Waals surface area contributed by atoms with Crippen molar-refractivity contribution >= 4 is 0 Å². The molecule has 0 radical (unpaired) electrons. The van der Waals surface area contributed by atoms with Gasteiger partial charge in [0.15, 0.2) is 0 Å². The molecule has 0 saturated carbocycles. The maximum absolute atomic E-state index is 3.94. The van der Waals surface area contributed by atoms with Crippen LogP contribution in [0, 0.1) is 0 Å². The lowest BCUT2D eigenvalue weighted by Crippen LogP contribution is -2.51. The largest absolute Gasteiger partial charge is 0.307 e. The summed E-state index contributed by atoms with van der Waals surface area (Å²) in [6, 6.07) is 11.0. The Balaban J connectivity index is 3.27. The Labute approximate surface area is 123 Å². The third-order valence-corrected chi connectivity index (χ3v) is 3.71. The molecule has 1 aromatic carbocycles. The van der Waals surface area contributed by atoms with E-state index in [1.807, 2.05) is 24.3 Å². The number of hydrogen-bond donors (Lipinski definition) is 0. The Morgan fingerprint density at radius 2 is 1.30 bits per heavy atom. The molecule has 1 nitrogen and oxygen atoms in total. The van der Waals surface area contributed by atoms with Gasteiger partial charge in [0.2, 0.25) is 0 Å². The van der Waals surface area contributed by atoms with Gasteiger partial charge in [0.25, 0.3) is 0 Å². The van der Waals surface area contributed by atoms with Crippen LogP contribution in [0.1, 0.15) is 18.0 Å². The Hall–Kier alpha value is -1.86. The highest BCUT2D eigenvalue weighted by Gasteiger charge is 2.34. The van der Waals surface area contributed by atoms with Gasteiger partial charge in [0, 0.05) is 12.0 Å². The minimum Gasteiger partial charge on any atom is -0.307 e. The van der Waals surface area contributed by atoms with Crippen LogP contribution in [-0.2, 0) is 0 Å². The van der Waals surface area contributed by atoms with Gasteiger partial charge in [-0.25, -0.2) is 0 Å². The number of hydrogen-bond acceptors (Lipinski definition) is 0.